The van der Waals surface area contributed by atoms with E-state index in [2.05, 4.69) is 19.2 Å². The fraction of sp³-hybridized carbons (Fsp3) is 1.00. The Labute approximate surface area is 87.4 Å². The molecule has 3 nitrogen and oxygen atoms in total. The van der Waals surface area contributed by atoms with Crippen LogP contribution in [0.15, 0.2) is 0 Å². The molecule has 0 aromatic carbocycles. The predicted octanol–water partition coefficient (Wildman–Crippen LogP) is 0.987. The highest BCUT2D eigenvalue weighted by Crippen LogP contribution is 2.28. The summed E-state index contributed by atoms with van der Waals surface area (Å²) < 4.78 is 5.37. The van der Waals surface area contributed by atoms with Gasteiger partial charge in [-0.15, -0.1) is 0 Å². The highest BCUT2D eigenvalue weighted by atomic mass is 16.5. The lowest BCUT2D eigenvalue weighted by molar-refractivity contribution is 0.0239. The van der Waals surface area contributed by atoms with Gasteiger partial charge in [-0.3, -0.25) is 0 Å². The van der Waals surface area contributed by atoms with E-state index in [4.69, 9.17) is 10.5 Å². The Morgan fingerprint density at radius 3 is 2.64 bits per heavy atom. The first-order valence-corrected chi connectivity index (χ1v) is 5.65. The zero-order valence-corrected chi connectivity index (χ0v) is 9.51. The fourth-order valence-electron chi connectivity index (χ4n) is 1.74. The van der Waals surface area contributed by atoms with Crippen molar-refractivity contribution in [2.24, 2.45) is 17.1 Å². The van der Waals surface area contributed by atoms with Crippen LogP contribution in [-0.2, 0) is 4.74 Å². The summed E-state index contributed by atoms with van der Waals surface area (Å²) in [6.45, 7) is 9.27. The molecule has 0 amide bonds. The molecule has 1 rings (SSSR count). The van der Waals surface area contributed by atoms with Gasteiger partial charge in [-0.25, -0.2) is 0 Å². The molecule has 14 heavy (non-hydrogen) atoms. The summed E-state index contributed by atoms with van der Waals surface area (Å²) in [5.41, 5.74) is 6.00. The number of ether oxygens (including phenoxy) is 1. The van der Waals surface area contributed by atoms with Crippen LogP contribution in [0, 0.1) is 11.3 Å². The standard InChI is InChI=1S/C11H24N2O/c1-10(7-12)8-13-9-11(2)3-5-14-6-4-11/h10,13H,3-9,12H2,1-2H3. The molecule has 0 aliphatic carbocycles. The minimum atomic E-state index is 0.437. The summed E-state index contributed by atoms with van der Waals surface area (Å²) in [4.78, 5) is 0. The van der Waals surface area contributed by atoms with Gasteiger partial charge in [-0.05, 0) is 37.3 Å². The fourth-order valence-corrected chi connectivity index (χ4v) is 1.74. The molecular weight excluding hydrogens is 176 g/mol. The number of nitrogens with two attached hydrogens (primary N) is 1. The Kier molecular flexibility index (Phi) is 4.85. The van der Waals surface area contributed by atoms with Crippen LogP contribution in [-0.4, -0.2) is 32.8 Å². The van der Waals surface area contributed by atoms with E-state index in [1.165, 1.54) is 12.8 Å². The first kappa shape index (κ1) is 12.0. The van der Waals surface area contributed by atoms with Crippen molar-refractivity contribution in [1.82, 2.24) is 5.32 Å². The van der Waals surface area contributed by atoms with Crippen molar-refractivity contribution >= 4 is 0 Å². The van der Waals surface area contributed by atoms with Crippen LogP contribution in [0.2, 0.25) is 0 Å². The number of nitrogens with one attached hydrogen (secondary N) is 1. The summed E-state index contributed by atoms with van der Waals surface area (Å²) in [6, 6.07) is 0. The second-order valence-electron chi connectivity index (χ2n) is 4.89. The quantitative estimate of drug-likeness (QED) is 0.695. The minimum absolute atomic E-state index is 0.437. The van der Waals surface area contributed by atoms with Gasteiger partial charge in [0, 0.05) is 19.8 Å². The number of hydrogen-bond donors (Lipinski definition) is 2. The Balaban J connectivity index is 2.15. The lowest BCUT2D eigenvalue weighted by Crippen LogP contribution is -2.39. The smallest absolute Gasteiger partial charge is 0.0471 e. The van der Waals surface area contributed by atoms with Gasteiger partial charge in [0.05, 0.1) is 0 Å². The van der Waals surface area contributed by atoms with E-state index in [9.17, 15) is 0 Å². The maximum Gasteiger partial charge on any atom is 0.0471 e. The highest BCUT2D eigenvalue weighted by molar-refractivity contribution is 4.79. The Hall–Kier alpha value is -0.120. The second kappa shape index (κ2) is 5.69. The first-order valence-electron chi connectivity index (χ1n) is 5.65. The zero-order valence-electron chi connectivity index (χ0n) is 9.51. The second-order valence-corrected chi connectivity index (χ2v) is 4.89. The van der Waals surface area contributed by atoms with Crippen LogP contribution < -0.4 is 11.1 Å². The van der Waals surface area contributed by atoms with Crippen LogP contribution in [0.5, 0.6) is 0 Å². The summed E-state index contributed by atoms with van der Waals surface area (Å²) in [6.07, 6.45) is 2.36. The summed E-state index contributed by atoms with van der Waals surface area (Å²) in [5.74, 6) is 0.582. The molecule has 1 unspecified atom stereocenters. The molecule has 0 spiro atoms. The number of rotatable bonds is 5. The molecule has 84 valence electrons. The molecule has 0 aromatic heterocycles. The highest BCUT2D eigenvalue weighted by Gasteiger charge is 2.26. The maximum atomic E-state index is 5.56. The molecule has 0 radical (unpaired) electrons. The largest absolute Gasteiger partial charge is 0.381 e. The Morgan fingerprint density at radius 1 is 1.43 bits per heavy atom. The van der Waals surface area contributed by atoms with Crippen LogP contribution in [0.3, 0.4) is 0 Å². The lowest BCUT2D eigenvalue weighted by Gasteiger charge is -2.34. The van der Waals surface area contributed by atoms with E-state index < -0.39 is 0 Å². The SMILES string of the molecule is CC(CN)CNCC1(C)CCOCC1. The van der Waals surface area contributed by atoms with Crippen LogP contribution in [0.25, 0.3) is 0 Å². The molecule has 1 aliphatic heterocycles. The van der Waals surface area contributed by atoms with Gasteiger partial charge in [0.2, 0.25) is 0 Å². The molecule has 1 atom stereocenters. The third kappa shape index (κ3) is 3.95. The van der Waals surface area contributed by atoms with Crippen molar-refractivity contribution in [2.75, 3.05) is 32.8 Å². The average molecular weight is 200 g/mol. The van der Waals surface area contributed by atoms with Crippen LogP contribution in [0.4, 0.5) is 0 Å². The van der Waals surface area contributed by atoms with Gasteiger partial charge in [0.25, 0.3) is 0 Å². The van der Waals surface area contributed by atoms with Crippen LogP contribution >= 0.6 is 0 Å². The molecule has 1 fully saturated rings. The van der Waals surface area contributed by atoms with Crippen molar-refractivity contribution in [3.63, 3.8) is 0 Å². The minimum Gasteiger partial charge on any atom is -0.381 e. The molecular formula is C11H24N2O. The number of hydrogen-bond acceptors (Lipinski definition) is 3. The normalized spacial score (nSPS) is 23.4. The van der Waals surface area contributed by atoms with E-state index >= 15 is 0 Å². The van der Waals surface area contributed by atoms with Crippen molar-refractivity contribution < 1.29 is 4.74 Å². The van der Waals surface area contributed by atoms with E-state index in [1.807, 2.05) is 0 Å². The third-order valence-electron chi connectivity index (χ3n) is 3.15. The molecule has 1 saturated heterocycles. The van der Waals surface area contributed by atoms with Gasteiger partial charge in [0.15, 0.2) is 0 Å². The van der Waals surface area contributed by atoms with Gasteiger partial charge >= 0.3 is 0 Å². The van der Waals surface area contributed by atoms with Crippen molar-refractivity contribution in [1.29, 1.82) is 0 Å². The first-order chi connectivity index (χ1) is 6.66. The van der Waals surface area contributed by atoms with E-state index in [1.54, 1.807) is 0 Å². The van der Waals surface area contributed by atoms with Gasteiger partial charge in [-0.2, -0.15) is 0 Å². The van der Waals surface area contributed by atoms with Crippen molar-refractivity contribution in [3.8, 4) is 0 Å². The molecule has 0 saturated carbocycles. The van der Waals surface area contributed by atoms with Crippen molar-refractivity contribution in [3.05, 3.63) is 0 Å². The summed E-state index contributed by atoms with van der Waals surface area (Å²) in [5, 5.41) is 3.51. The summed E-state index contributed by atoms with van der Waals surface area (Å²) in [7, 11) is 0. The Bertz CT molecular complexity index is 155. The molecule has 3 heteroatoms. The van der Waals surface area contributed by atoms with Crippen molar-refractivity contribution in [2.45, 2.75) is 26.7 Å². The van der Waals surface area contributed by atoms with E-state index in [0.717, 1.165) is 32.8 Å². The topological polar surface area (TPSA) is 47.3 Å². The van der Waals surface area contributed by atoms with Gasteiger partial charge in [-0.1, -0.05) is 13.8 Å². The molecule has 3 N–H and O–H groups in total. The molecule has 0 aromatic rings. The molecule has 1 heterocycles. The third-order valence-corrected chi connectivity index (χ3v) is 3.15. The van der Waals surface area contributed by atoms with E-state index in [-0.39, 0.29) is 0 Å². The summed E-state index contributed by atoms with van der Waals surface area (Å²) >= 11 is 0. The lowest BCUT2D eigenvalue weighted by atomic mass is 9.82. The maximum absolute atomic E-state index is 5.56. The zero-order chi connectivity index (χ0) is 10.4. The van der Waals surface area contributed by atoms with E-state index in [0.29, 0.717) is 11.3 Å². The average Bonchev–Trinajstić information content (AvgIpc) is 2.18. The molecule has 0 bridgehead atoms. The Morgan fingerprint density at radius 2 is 2.07 bits per heavy atom. The van der Waals surface area contributed by atoms with Gasteiger partial charge in [0.1, 0.15) is 0 Å². The van der Waals surface area contributed by atoms with Gasteiger partial charge < -0.3 is 15.8 Å². The monoisotopic (exact) mass is 200 g/mol. The van der Waals surface area contributed by atoms with Crippen LogP contribution in [0.1, 0.15) is 26.7 Å². The molecule has 1 aliphatic rings. The predicted molar refractivity (Wildman–Crippen MR) is 59.2 cm³/mol.